The third kappa shape index (κ3) is 3.94. The molecule has 108 valence electrons. The monoisotopic (exact) mass is 256 g/mol. The third-order valence-electron chi connectivity index (χ3n) is 4.64. The highest BCUT2D eigenvalue weighted by molar-refractivity contribution is 4.96. The number of aliphatic hydroxyl groups excluding tert-OH is 1. The Morgan fingerprint density at radius 2 is 1.94 bits per heavy atom. The van der Waals surface area contributed by atoms with Crippen molar-refractivity contribution >= 4 is 0 Å². The summed E-state index contributed by atoms with van der Waals surface area (Å²) in [6, 6.07) is 0. The number of hydrogen-bond acceptors (Lipinski definition) is 3. The van der Waals surface area contributed by atoms with Crippen molar-refractivity contribution in [1.29, 1.82) is 0 Å². The molecule has 1 unspecified atom stereocenters. The molecular weight excluding hydrogens is 224 g/mol. The van der Waals surface area contributed by atoms with Gasteiger partial charge in [-0.25, -0.2) is 0 Å². The van der Waals surface area contributed by atoms with Crippen LogP contribution in [0.15, 0.2) is 0 Å². The van der Waals surface area contributed by atoms with Crippen LogP contribution in [-0.4, -0.2) is 41.3 Å². The largest absolute Gasteiger partial charge is 0.392 e. The smallest absolute Gasteiger partial charge is 0.0639 e. The van der Waals surface area contributed by atoms with Crippen LogP contribution in [0.2, 0.25) is 0 Å². The Labute approximate surface area is 113 Å². The standard InChI is InChI=1S/C15H32N2O/c1-4-10-17(11-13(3)18)15(12-16)8-6-14(5-2)7-9-15/h13-14,18H,4-12,16H2,1-3H3. The average molecular weight is 256 g/mol. The van der Waals surface area contributed by atoms with Crippen molar-refractivity contribution in [2.45, 2.75) is 70.9 Å². The summed E-state index contributed by atoms with van der Waals surface area (Å²) >= 11 is 0. The molecule has 0 aromatic rings. The minimum Gasteiger partial charge on any atom is -0.392 e. The fraction of sp³-hybridized carbons (Fsp3) is 1.00. The molecule has 3 nitrogen and oxygen atoms in total. The van der Waals surface area contributed by atoms with Crippen LogP contribution in [0.5, 0.6) is 0 Å². The highest BCUT2D eigenvalue weighted by Crippen LogP contribution is 2.37. The molecule has 0 bridgehead atoms. The molecule has 1 rings (SSSR count). The van der Waals surface area contributed by atoms with Crippen LogP contribution in [0.4, 0.5) is 0 Å². The highest BCUT2D eigenvalue weighted by atomic mass is 16.3. The van der Waals surface area contributed by atoms with E-state index in [1.54, 1.807) is 0 Å². The molecule has 1 aliphatic carbocycles. The molecule has 0 spiro atoms. The summed E-state index contributed by atoms with van der Waals surface area (Å²) in [7, 11) is 0. The molecule has 0 saturated heterocycles. The van der Waals surface area contributed by atoms with E-state index in [9.17, 15) is 5.11 Å². The van der Waals surface area contributed by atoms with E-state index >= 15 is 0 Å². The molecular formula is C15H32N2O. The fourth-order valence-electron chi connectivity index (χ4n) is 3.38. The van der Waals surface area contributed by atoms with Crippen molar-refractivity contribution in [3.05, 3.63) is 0 Å². The molecule has 3 N–H and O–H groups in total. The summed E-state index contributed by atoms with van der Waals surface area (Å²) in [4.78, 5) is 2.46. The zero-order valence-corrected chi connectivity index (χ0v) is 12.5. The van der Waals surface area contributed by atoms with Gasteiger partial charge in [-0.2, -0.15) is 0 Å². The zero-order valence-electron chi connectivity index (χ0n) is 12.5. The Balaban J connectivity index is 2.70. The lowest BCUT2D eigenvalue weighted by Gasteiger charge is -2.48. The summed E-state index contributed by atoms with van der Waals surface area (Å²) < 4.78 is 0. The van der Waals surface area contributed by atoms with Gasteiger partial charge < -0.3 is 10.8 Å². The van der Waals surface area contributed by atoms with Gasteiger partial charge >= 0.3 is 0 Å². The first kappa shape index (κ1) is 15.9. The van der Waals surface area contributed by atoms with E-state index < -0.39 is 0 Å². The van der Waals surface area contributed by atoms with Crippen LogP contribution in [0, 0.1) is 5.92 Å². The van der Waals surface area contributed by atoms with E-state index in [1.165, 1.54) is 32.1 Å². The Morgan fingerprint density at radius 1 is 1.33 bits per heavy atom. The Kier molecular flexibility index (Phi) is 6.61. The maximum Gasteiger partial charge on any atom is 0.0639 e. The van der Waals surface area contributed by atoms with Gasteiger partial charge in [0.2, 0.25) is 0 Å². The Morgan fingerprint density at radius 3 is 2.33 bits per heavy atom. The van der Waals surface area contributed by atoms with Crippen molar-refractivity contribution in [3.63, 3.8) is 0 Å². The summed E-state index contributed by atoms with van der Waals surface area (Å²) in [5, 5.41) is 9.71. The van der Waals surface area contributed by atoms with E-state index in [-0.39, 0.29) is 11.6 Å². The molecule has 0 amide bonds. The molecule has 0 heterocycles. The summed E-state index contributed by atoms with van der Waals surface area (Å²) in [5.41, 5.74) is 6.26. The second kappa shape index (κ2) is 7.46. The van der Waals surface area contributed by atoms with E-state index in [2.05, 4.69) is 18.7 Å². The number of rotatable bonds is 7. The average Bonchev–Trinajstić information content (AvgIpc) is 2.38. The number of β-amino-alcohol motifs (C(OH)–C–C–N with tert-alkyl or cyclic N) is 1. The summed E-state index contributed by atoms with van der Waals surface area (Å²) in [6.45, 7) is 8.93. The van der Waals surface area contributed by atoms with Crippen molar-refractivity contribution in [3.8, 4) is 0 Å². The molecule has 1 atom stereocenters. The Bertz CT molecular complexity index is 223. The van der Waals surface area contributed by atoms with E-state index in [0.29, 0.717) is 0 Å². The van der Waals surface area contributed by atoms with Crippen molar-refractivity contribution < 1.29 is 5.11 Å². The predicted molar refractivity (Wildman–Crippen MR) is 77.6 cm³/mol. The summed E-state index contributed by atoms with van der Waals surface area (Å²) in [6.07, 6.45) is 7.17. The van der Waals surface area contributed by atoms with Crippen LogP contribution in [0.25, 0.3) is 0 Å². The molecule has 3 heteroatoms. The first-order chi connectivity index (χ1) is 8.57. The van der Waals surface area contributed by atoms with Gasteiger partial charge in [0.25, 0.3) is 0 Å². The van der Waals surface area contributed by atoms with Gasteiger partial charge in [-0.3, -0.25) is 4.90 Å². The summed E-state index contributed by atoms with van der Waals surface area (Å²) in [5.74, 6) is 0.889. The molecule has 18 heavy (non-hydrogen) atoms. The van der Waals surface area contributed by atoms with E-state index in [0.717, 1.165) is 32.0 Å². The van der Waals surface area contributed by atoms with Crippen molar-refractivity contribution in [2.75, 3.05) is 19.6 Å². The minimum atomic E-state index is -0.260. The quantitative estimate of drug-likeness (QED) is 0.735. The zero-order chi connectivity index (χ0) is 13.6. The van der Waals surface area contributed by atoms with Crippen LogP contribution >= 0.6 is 0 Å². The normalized spacial score (nSPS) is 30.7. The molecule has 1 saturated carbocycles. The Hall–Kier alpha value is -0.120. The van der Waals surface area contributed by atoms with Gasteiger partial charge in [0, 0.05) is 18.6 Å². The predicted octanol–water partition coefficient (Wildman–Crippen LogP) is 2.38. The lowest BCUT2D eigenvalue weighted by molar-refractivity contribution is 0.00956. The first-order valence-corrected chi connectivity index (χ1v) is 7.71. The van der Waals surface area contributed by atoms with Crippen LogP contribution < -0.4 is 5.73 Å². The first-order valence-electron chi connectivity index (χ1n) is 7.71. The number of nitrogens with two attached hydrogens (primary N) is 1. The molecule has 1 fully saturated rings. The lowest BCUT2D eigenvalue weighted by Crippen LogP contribution is -2.57. The molecule has 1 aliphatic rings. The van der Waals surface area contributed by atoms with Gasteiger partial charge in [-0.15, -0.1) is 0 Å². The van der Waals surface area contributed by atoms with Gasteiger partial charge in [0.15, 0.2) is 0 Å². The molecule has 0 aromatic heterocycles. The van der Waals surface area contributed by atoms with E-state index in [1.807, 2.05) is 6.92 Å². The number of nitrogens with zero attached hydrogens (tertiary/aromatic N) is 1. The number of hydrogen-bond donors (Lipinski definition) is 2. The van der Waals surface area contributed by atoms with Gasteiger partial charge in [0.05, 0.1) is 6.10 Å². The minimum absolute atomic E-state index is 0.151. The van der Waals surface area contributed by atoms with Crippen molar-refractivity contribution in [1.82, 2.24) is 4.90 Å². The van der Waals surface area contributed by atoms with Gasteiger partial charge in [-0.1, -0.05) is 20.3 Å². The van der Waals surface area contributed by atoms with Gasteiger partial charge in [0.1, 0.15) is 0 Å². The SMILES string of the molecule is CCCN(CC(C)O)C1(CN)CCC(CC)CC1. The fourth-order valence-corrected chi connectivity index (χ4v) is 3.38. The maximum absolute atomic E-state index is 9.71. The number of aliphatic hydroxyl groups is 1. The van der Waals surface area contributed by atoms with E-state index in [4.69, 9.17) is 5.73 Å². The second-order valence-electron chi connectivity index (χ2n) is 6.08. The third-order valence-corrected chi connectivity index (χ3v) is 4.64. The molecule has 0 aliphatic heterocycles. The van der Waals surface area contributed by atoms with Crippen LogP contribution in [0.1, 0.15) is 59.3 Å². The lowest BCUT2D eigenvalue weighted by atomic mass is 9.74. The van der Waals surface area contributed by atoms with Gasteiger partial charge in [-0.05, 0) is 51.5 Å². The van der Waals surface area contributed by atoms with Crippen molar-refractivity contribution in [2.24, 2.45) is 11.7 Å². The van der Waals surface area contributed by atoms with Crippen LogP contribution in [0.3, 0.4) is 0 Å². The molecule has 0 aromatic carbocycles. The topological polar surface area (TPSA) is 49.5 Å². The molecule has 0 radical (unpaired) electrons. The highest BCUT2D eigenvalue weighted by Gasteiger charge is 2.38. The maximum atomic E-state index is 9.71. The van der Waals surface area contributed by atoms with Crippen LogP contribution in [-0.2, 0) is 0 Å². The second-order valence-corrected chi connectivity index (χ2v) is 6.08.